The number of para-hydroxylation sites is 1. The Morgan fingerprint density at radius 2 is 1.90 bits per heavy atom. The standard InChI is InChI=1S/C16H18BrFN2/c1-3-19-11-12-8-9-13(17)10-16(12)20(2)15-7-5-4-6-14(15)18/h4-10,19H,3,11H2,1-2H3. The van der Waals surface area contributed by atoms with E-state index < -0.39 is 0 Å². The highest BCUT2D eigenvalue weighted by Crippen LogP contribution is 2.31. The maximum Gasteiger partial charge on any atom is 0.146 e. The van der Waals surface area contributed by atoms with Crippen LogP contribution in [-0.2, 0) is 6.54 Å². The van der Waals surface area contributed by atoms with Crippen LogP contribution in [0.5, 0.6) is 0 Å². The molecule has 0 saturated carbocycles. The first-order chi connectivity index (χ1) is 9.63. The van der Waals surface area contributed by atoms with E-state index in [1.807, 2.05) is 30.1 Å². The summed E-state index contributed by atoms with van der Waals surface area (Å²) in [5, 5.41) is 3.31. The minimum atomic E-state index is -0.218. The number of anilines is 2. The molecule has 0 bridgehead atoms. The molecule has 0 spiro atoms. The van der Waals surface area contributed by atoms with Crippen molar-refractivity contribution in [1.29, 1.82) is 0 Å². The summed E-state index contributed by atoms with van der Waals surface area (Å²) in [4.78, 5) is 1.88. The van der Waals surface area contributed by atoms with Crippen molar-refractivity contribution in [1.82, 2.24) is 5.32 Å². The molecule has 0 heterocycles. The quantitative estimate of drug-likeness (QED) is 0.866. The van der Waals surface area contributed by atoms with Crippen LogP contribution in [0.3, 0.4) is 0 Å². The van der Waals surface area contributed by atoms with E-state index in [1.54, 1.807) is 12.1 Å². The normalized spacial score (nSPS) is 10.6. The van der Waals surface area contributed by atoms with E-state index in [0.717, 1.165) is 28.8 Å². The highest BCUT2D eigenvalue weighted by molar-refractivity contribution is 9.10. The molecular formula is C16H18BrFN2. The minimum absolute atomic E-state index is 0.218. The van der Waals surface area contributed by atoms with Gasteiger partial charge in [-0.2, -0.15) is 0 Å². The summed E-state index contributed by atoms with van der Waals surface area (Å²) in [6.45, 7) is 3.73. The van der Waals surface area contributed by atoms with Crippen molar-refractivity contribution in [2.24, 2.45) is 0 Å². The Bertz CT molecular complexity index is 586. The molecule has 0 aliphatic rings. The SMILES string of the molecule is CCNCc1ccc(Br)cc1N(C)c1ccccc1F. The summed E-state index contributed by atoms with van der Waals surface area (Å²) in [6.07, 6.45) is 0. The minimum Gasteiger partial charge on any atom is -0.342 e. The van der Waals surface area contributed by atoms with E-state index in [1.165, 1.54) is 6.07 Å². The molecule has 0 atom stereocenters. The van der Waals surface area contributed by atoms with Crippen LogP contribution in [0.25, 0.3) is 0 Å². The van der Waals surface area contributed by atoms with E-state index in [-0.39, 0.29) is 5.82 Å². The highest BCUT2D eigenvalue weighted by atomic mass is 79.9. The van der Waals surface area contributed by atoms with Crippen LogP contribution in [0.1, 0.15) is 12.5 Å². The number of rotatable bonds is 5. The summed E-state index contributed by atoms with van der Waals surface area (Å²) in [7, 11) is 1.88. The first-order valence-corrected chi connectivity index (χ1v) is 7.40. The molecule has 2 aromatic rings. The third-order valence-corrected chi connectivity index (χ3v) is 3.68. The fourth-order valence-electron chi connectivity index (χ4n) is 2.11. The second-order valence-corrected chi connectivity index (χ2v) is 5.48. The molecule has 1 N–H and O–H groups in total. The molecule has 0 fully saturated rings. The zero-order valence-corrected chi connectivity index (χ0v) is 13.2. The maximum atomic E-state index is 13.9. The van der Waals surface area contributed by atoms with Gasteiger partial charge >= 0.3 is 0 Å². The molecule has 0 aliphatic carbocycles. The van der Waals surface area contributed by atoms with Crippen LogP contribution < -0.4 is 10.2 Å². The molecule has 106 valence electrons. The number of benzene rings is 2. The van der Waals surface area contributed by atoms with Crippen molar-refractivity contribution in [3.63, 3.8) is 0 Å². The third kappa shape index (κ3) is 3.38. The van der Waals surface area contributed by atoms with E-state index in [0.29, 0.717) is 5.69 Å². The van der Waals surface area contributed by atoms with Gasteiger partial charge < -0.3 is 10.2 Å². The van der Waals surface area contributed by atoms with Crippen molar-refractivity contribution < 1.29 is 4.39 Å². The van der Waals surface area contributed by atoms with Crippen LogP contribution in [0.4, 0.5) is 15.8 Å². The van der Waals surface area contributed by atoms with Gasteiger partial charge in [0.2, 0.25) is 0 Å². The largest absolute Gasteiger partial charge is 0.342 e. The van der Waals surface area contributed by atoms with Crippen molar-refractivity contribution in [2.75, 3.05) is 18.5 Å². The fraction of sp³-hybridized carbons (Fsp3) is 0.250. The van der Waals surface area contributed by atoms with E-state index in [4.69, 9.17) is 0 Å². The summed E-state index contributed by atoms with van der Waals surface area (Å²) in [6, 6.07) is 12.9. The summed E-state index contributed by atoms with van der Waals surface area (Å²) in [5.74, 6) is -0.218. The van der Waals surface area contributed by atoms with Crippen LogP contribution in [0.15, 0.2) is 46.9 Å². The molecule has 2 nitrogen and oxygen atoms in total. The Hall–Kier alpha value is -1.39. The lowest BCUT2D eigenvalue weighted by molar-refractivity contribution is 0.627. The van der Waals surface area contributed by atoms with Crippen molar-refractivity contribution in [3.05, 3.63) is 58.3 Å². The number of hydrogen-bond acceptors (Lipinski definition) is 2. The fourth-order valence-corrected chi connectivity index (χ4v) is 2.46. The highest BCUT2D eigenvalue weighted by Gasteiger charge is 2.12. The van der Waals surface area contributed by atoms with Crippen LogP contribution in [0.2, 0.25) is 0 Å². The lowest BCUT2D eigenvalue weighted by atomic mass is 10.1. The molecule has 20 heavy (non-hydrogen) atoms. The molecule has 0 radical (unpaired) electrons. The molecule has 0 aliphatic heterocycles. The molecule has 0 aromatic heterocycles. The maximum absolute atomic E-state index is 13.9. The average Bonchev–Trinajstić information content (AvgIpc) is 2.46. The predicted molar refractivity (Wildman–Crippen MR) is 86.0 cm³/mol. The van der Waals surface area contributed by atoms with Gasteiger partial charge in [-0.3, -0.25) is 0 Å². The number of nitrogens with zero attached hydrogens (tertiary/aromatic N) is 1. The van der Waals surface area contributed by atoms with E-state index in [9.17, 15) is 4.39 Å². The lowest BCUT2D eigenvalue weighted by Crippen LogP contribution is -2.17. The second kappa shape index (κ2) is 6.86. The smallest absolute Gasteiger partial charge is 0.146 e. The van der Waals surface area contributed by atoms with Gasteiger partial charge in [-0.05, 0) is 36.4 Å². The lowest BCUT2D eigenvalue weighted by Gasteiger charge is -2.23. The Morgan fingerprint density at radius 3 is 2.60 bits per heavy atom. The first kappa shape index (κ1) is 15.0. The topological polar surface area (TPSA) is 15.3 Å². The van der Waals surface area contributed by atoms with E-state index in [2.05, 4.69) is 34.2 Å². The second-order valence-electron chi connectivity index (χ2n) is 4.56. The zero-order valence-electron chi connectivity index (χ0n) is 11.7. The molecule has 2 aromatic carbocycles. The van der Waals surface area contributed by atoms with Gasteiger partial charge in [-0.1, -0.05) is 41.1 Å². The van der Waals surface area contributed by atoms with E-state index >= 15 is 0 Å². The Balaban J connectivity index is 2.40. The van der Waals surface area contributed by atoms with Gasteiger partial charge in [-0.15, -0.1) is 0 Å². The summed E-state index contributed by atoms with van der Waals surface area (Å²) < 4.78 is 14.9. The Morgan fingerprint density at radius 1 is 1.15 bits per heavy atom. The summed E-state index contributed by atoms with van der Waals surface area (Å²) >= 11 is 3.48. The predicted octanol–water partition coefficient (Wildman–Crippen LogP) is 4.47. The van der Waals surface area contributed by atoms with Gasteiger partial charge in [0.1, 0.15) is 5.82 Å². The van der Waals surface area contributed by atoms with Crippen molar-refractivity contribution in [2.45, 2.75) is 13.5 Å². The number of hydrogen-bond donors (Lipinski definition) is 1. The summed E-state index contributed by atoms with van der Waals surface area (Å²) in [5.41, 5.74) is 2.70. The molecular weight excluding hydrogens is 319 g/mol. The molecule has 0 amide bonds. The van der Waals surface area contributed by atoms with Crippen LogP contribution in [-0.4, -0.2) is 13.6 Å². The Kier molecular flexibility index (Phi) is 5.15. The average molecular weight is 337 g/mol. The third-order valence-electron chi connectivity index (χ3n) is 3.19. The van der Waals surface area contributed by atoms with Crippen molar-refractivity contribution >= 4 is 27.3 Å². The van der Waals surface area contributed by atoms with Gasteiger partial charge in [0.25, 0.3) is 0 Å². The Labute approximate surface area is 127 Å². The molecule has 2 rings (SSSR count). The molecule has 0 saturated heterocycles. The number of halogens is 2. The van der Waals surface area contributed by atoms with Gasteiger partial charge in [0, 0.05) is 23.8 Å². The van der Waals surface area contributed by atoms with Gasteiger partial charge in [0.15, 0.2) is 0 Å². The van der Waals surface area contributed by atoms with Crippen LogP contribution in [0, 0.1) is 5.82 Å². The monoisotopic (exact) mass is 336 g/mol. The first-order valence-electron chi connectivity index (χ1n) is 6.61. The molecule has 4 heteroatoms. The van der Waals surface area contributed by atoms with Crippen LogP contribution >= 0.6 is 15.9 Å². The van der Waals surface area contributed by atoms with Gasteiger partial charge in [0.05, 0.1) is 5.69 Å². The molecule has 0 unspecified atom stereocenters. The van der Waals surface area contributed by atoms with Gasteiger partial charge in [-0.25, -0.2) is 4.39 Å². The zero-order chi connectivity index (χ0) is 14.5. The number of nitrogens with one attached hydrogen (secondary N) is 1. The van der Waals surface area contributed by atoms with Crippen molar-refractivity contribution in [3.8, 4) is 0 Å².